The van der Waals surface area contributed by atoms with Gasteiger partial charge in [-0.15, -0.1) is 11.8 Å². The Labute approximate surface area is 171 Å². The molecular weight excluding hydrogens is 392 g/mol. The van der Waals surface area contributed by atoms with E-state index in [-0.39, 0.29) is 5.91 Å². The van der Waals surface area contributed by atoms with Gasteiger partial charge in [0, 0.05) is 29.8 Å². The summed E-state index contributed by atoms with van der Waals surface area (Å²) in [6, 6.07) is 14.3. The van der Waals surface area contributed by atoms with E-state index in [2.05, 4.69) is 19.2 Å². The quantitative estimate of drug-likeness (QED) is 0.693. The van der Waals surface area contributed by atoms with Crippen molar-refractivity contribution in [2.75, 3.05) is 13.1 Å². The fraction of sp³-hybridized carbons (Fsp3) is 0.381. The van der Waals surface area contributed by atoms with E-state index in [1.165, 1.54) is 4.31 Å². The highest BCUT2D eigenvalue weighted by Crippen LogP contribution is 2.26. The topological polar surface area (TPSA) is 66.5 Å². The van der Waals surface area contributed by atoms with E-state index in [1.54, 1.807) is 36.0 Å². The van der Waals surface area contributed by atoms with Crippen molar-refractivity contribution in [3.05, 3.63) is 59.7 Å². The summed E-state index contributed by atoms with van der Waals surface area (Å²) in [5.41, 5.74) is 1.53. The molecule has 0 radical (unpaired) electrons. The summed E-state index contributed by atoms with van der Waals surface area (Å²) in [6.45, 7) is 5.72. The van der Waals surface area contributed by atoms with Crippen molar-refractivity contribution in [2.45, 2.75) is 48.3 Å². The van der Waals surface area contributed by atoms with Gasteiger partial charge in [0.1, 0.15) is 0 Å². The van der Waals surface area contributed by atoms with Crippen LogP contribution in [0.3, 0.4) is 0 Å². The molecule has 0 saturated carbocycles. The Bertz CT molecular complexity index is 919. The zero-order valence-corrected chi connectivity index (χ0v) is 17.9. The lowest BCUT2D eigenvalue weighted by Crippen LogP contribution is -2.28. The van der Waals surface area contributed by atoms with E-state index in [9.17, 15) is 13.2 Å². The summed E-state index contributed by atoms with van der Waals surface area (Å²) in [5.74, 6) is -0.127. The second kappa shape index (κ2) is 9.11. The maximum absolute atomic E-state index is 12.6. The van der Waals surface area contributed by atoms with Crippen LogP contribution in [-0.2, 0) is 16.6 Å². The highest BCUT2D eigenvalue weighted by Gasteiger charge is 2.26. The van der Waals surface area contributed by atoms with Gasteiger partial charge in [0.2, 0.25) is 10.0 Å². The first kappa shape index (κ1) is 20.9. The molecule has 3 rings (SSSR count). The first-order chi connectivity index (χ1) is 13.4. The number of sulfonamides is 1. The molecule has 2 aromatic rings. The fourth-order valence-electron chi connectivity index (χ4n) is 3.15. The number of carbonyl (C=O) groups excluding carboxylic acids is 1. The van der Waals surface area contributed by atoms with Gasteiger partial charge in [-0.05, 0) is 42.7 Å². The molecule has 1 saturated heterocycles. The van der Waals surface area contributed by atoms with Gasteiger partial charge in [-0.25, -0.2) is 8.42 Å². The highest BCUT2D eigenvalue weighted by atomic mass is 32.2. The van der Waals surface area contributed by atoms with Gasteiger partial charge in [-0.3, -0.25) is 4.79 Å². The summed E-state index contributed by atoms with van der Waals surface area (Å²) < 4.78 is 26.7. The molecule has 1 heterocycles. The molecule has 2 aromatic carbocycles. The third kappa shape index (κ3) is 4.96. The summed E-state index contributed by atoms with van der Waals surface area (Å²) in [5, 5.41) is 3.32. The minimum atomic E-state index is -3.40. The van der Waals surface area contributed by atoms with E-state index in [0.717, 1.165) is 23.3 Å². The lowest BCUT2D eigenvalue weighted by molar-refractivity contribution is 0.0948. The summed E-state index contributed by atoms with van der Waals surface area (Å²) >= 11 is 1.66. The summed E-state index contributed by atoms with van der Waals surface area (Å²) in [4.78, 5) is 13.9. The van der Waals surface area contributed by atoms with E-state index >= 15 is 0 Å². The highest BCUT2D eigenvalue weighted by molar-refractivity contribution is 8.00. The molecule has 0 aromatic heterocycles. The van der Waals surface area contributed by atoms with Crippen molar-refractivity contribution in [3.8, 4) is 0 Å². The molecule has 150 valence electrons. The van der Waals surface area contributed by atoms with E-state index < -0.39 is 10.0 Å². The molecule has 1 aliphatic rings. The molecule has 0 atom stereocenters. The standard InChI is InChI=1S/C21H26N2O3S2/c1-16(2)27-20-8-4-3-7-19(20)21(24)22-15-17-9-11-18(12-10-17)28(25,26)23-13-5-6-14-23/h3-4,7-12,16H,5-6,13-15H2,1-2H3,(H,22,24). The van der Waals surface area contributed by atoms with Gasteiger partial charge in [0.05, 0.1) is 10.5 Å². The molecule has 1 amide bonds. The lowest BCUT2D eigenvalue weighted by atomic mass is 10.2. The van der Waals surface area contributed by atoms with Gasteiger partial charge < -0.3 is 5.32 Å². The van der Waals surface area contributed by atoms with E-state index in [1.807, 2.05) is 24.3 Å². The molecule has 0 spiro atoms. The van der Waals surface area contributed by atoms with Crippen molar-refractivity contribution in [1.29, 1.82) is 0 Å². The largest absolute Gasteiger partial charge is 0.348 e. The molecule has 1 aliphatic heterocycles. The van der Waals surface area contributed by atoms with Gasteiger partial charge in [-0.1, -0.05) is 38.1 Å². The first-order valence-corrected chi connectivity index (χ1v) is 11.8. The van der Waals surface area contributed by atoms with Crippen LogP contribution >= 0.6 is 11.8 Å². The summed E-state index contributed by atoms with van der Waals surface area (Å²) in [7, 11) is -3.40. The fourth-order valence-corrected chi connectivity index (χ4v) is 5.62. The third-order valence-corrected chi connectivity index (χ3v) is 7.57. The Balaban J connectivity index is 1.65. The number of nitrogens with zero attached hydrogens (tertiary/aromatic N) is 1. The average Bonchev–Trinajstić information content (AvgIpc) is 3.22. The van der Waals surface area contributed by atoms with Gasteiger partial charge in [0.25, 0.3) is 5.91 Å². The van der Waals surface area contributed by atoms with Gasteiger partial charge >= 0.3 is 0 Å². The molecular formula is C21H26N2O3S2. The second-order valence-electron chi connectivity index (χ2n) is 7.10. The number of nitrogens with one attached hydrogen (secondary N) is 1. The molecule has 0 bridgehead atoms. The lowest BCUT2D eigenvalue weighted by Gasteiger charge is -2.16. The van der Waals surface area contributed by atoms with E-state index in [4.69, 9.17) is 0 Å². The molecule has 0 unspecified atom stereocenters. The van der Waals surface area contributed by atoms with Crippen LogP contribution in [0.15, 0.2) is 58.3 Å². The first-order valence-electron chi connectivity index (χ1n) is 9.51. The molecule has 5 nitrogen and oxygen atoms in total. The predicted octanol–water partition coefficient (Wildman–Crippen LogP) is 3.90. The number of hydrogen-bond donors (Lipinski definition) is 1. The van der Waals surface area contributed by atoms with Crippen LogP contribution in [-0.4, -0.2) is 37.0 Å². The molecule has 0 aliphatic carbocycles. The predicted molar refractivity (Wildman–Crippen MR) is 113 cm³/mol. The van der Waals surface area contributed by atoms with Crippen molar-refractivity contribution in [1.82, 2.24) is 9.62 Å². The van der Waals surface area contributed by atoms with Gasteiger partial charge in [0.15, 0.2) is 0 Å². The SMILES string of the molecule is CC(C)Sc1ccccc1C(=O)NCc1ccc(S(=O)(=O)N2CCCC2)cc1. The number of rotatable bonds is 7. The Morgan fingerprint density at radius 3 is 2.36 bits per heavy atom. The van der Waals surface area contributed by atoms with Crippen LogP contribution in [0.1, 0.15) is 42.6 Å². The zero-order valence-electron chi connectivity index (χ0n) is 16.2. The Morgan fingerprint density at radius 1 is 1.07 bits per heavy atom. The number of carbonyl (C=O) groups is 1. The van der Waals surface area contributed by atoms with Crippen LogP contribution < -0.4 is 5.32 Å². The van der Waals surface area contributed by atoms with Crippen molar-refractivity contribution >= 4 is 27.7 Å². The maximum Gasteiger partial charge on any atom is 0.252 e. The third-order valence-electron chi connectivity index (χ3n) is 4.57. The Hall–Kier alpha value is -1.83. The number of thioether (sulfide) groups is 1. The van der Waals surface area contributed by atoms with Crippen molar-refractivity contribution in [2.24, 2.45) is 0 Å². The monoisotopic (exact) mass is 418 g/mol. The molecule has 1 N–H and O–H groups in total. The zero-order chi connectivity index (χ0) is 20.1. The number of amides is 1. The molecule has 1 fully saturated rings. The minimum absolute atomic E-state index is 0.127. The number of benzene rings is 2. The second-order valence-corrected chi connectivity index (χ2v) is 10.7. The summed E-state index contributed by atoms with van der Waals surface area (Å²) in [6.07, 6.45) is 1.83. The minimum Gasteiger partial charge on any atom is -0.348 e. The van der Waals surface area contributed by atoms with Crippen LogP contribution in [0, 0.1) is 0 Å². The van der Waals surface area contributed by atoms with Crippen LogP contribution in [0.5, 0.6) is 0 Å². The molecule has 7 heteroatoms. The Morgan fingerprint density at radius 2 is 1.71 bits per heavy atom. The van der Waals surface area contributed by atoms with E-state index in [0.29, 0.717) is 35.3 Å². The number of hydrogen-bond acceptors (Lipinski definition) is 4. The van der Waals surface area contributed by atoms with Gasteiger partial charge in [-0.2, -0.15) is 4.31 Å². The molecule has 28 heavy (non-hydrogen) atoms. The normalized spacial score (nSPS) is 15.1. The van der Waals surface area contributed by atoms with Crippen LogP contribution in [0.25, 0.3) is 0 Å². The van der Waals surface area contributed by atoms with Crippen LogP contribution in [0.4, 0.5) is 0 Å². The van der Waals surface area contributed by atoms with Crippen LogP contribution in [0.2, 0.25) is 0 Å². The van der Waals surface area contributed by atoms with Crippen molar-refractivity contribution in [3.63, 3.8) is 0 Å². The maximum atomic E-state index is 12.6. The average molecular weight is 419 g/mol. The smallest absolute Gasteiger partial charge is 0.252 e. The Kier molecular flexibility index (Phi) is 6.80. The van der Waals surface area contributed by atoms with Crippen molar-refractivity contribution < 1.29 is 13.2 Å².